The number of halogens is 1. The molecule has 21 heavy (non-hydrogen) atoms. The van der Waals surface area contributed by atoms with Crippen LogP contribution in [0, 0.1) is 0 Å². The summed E-state index contributed by atoms with van der Waals surface area (Å²) >= 11 is 8.50. The van der Waals surface area contributed by atoms with E-state index in [2.05, 4.69) is 9.98 Å². The number of amidine groups is 1. The first kappa shape index (κ1) is 18.6. The number of rotatable bonds is 5. The van der Waals surface area contributed by atoms with Gasteiger partial charge < -0.3 is 0 Å². The van der Waals surface area contributed by atoms with Crippen LogP contribution in [0.5, 0.6) is 0 Å². The van der Waals surface area contributed by atoms with Crippen LogP contribution in [-0.2, 0) is 4.79 Å². The van der Waals surface area contributed by atoms with Crippen molar-refractivity contribution in [1.82, 2.24) is 9.88 Å². The number of Topliss-reactive ketones (excluding diaryl/α,β-unsaturated/α-hetero) is 1. The molecule has 1 rings (SSSR count). The predicted octanol–water partition coefficient (Wildman–Crippen LogP) is 2.07. The van der Waals surface area contributed by atoms with Gasteiger partial charge in [-0.05, 0) is 0 Å². The quantitative estimate of drug-likeness (QED) is 0.155. The van der Waals surface area contributed by atoms with Crippen molar-refractivity contribution in [3.63, 3.8) is 0 Å². The van der Waals surface area contributed by atoms with Crippen molar-refractivity contribution in [2.45, 2.75) is 6.92 Å². The van der Waals surface area contributed by atoms with Gasteiger partial charge >= 0.3 is 152 Å². The number of nitrogens with zero attached hydrogens (tertiary/aromatic N) is 3. The zero-order chi connectivity index (χ0) is 16.0. The fraction of sp³-hybridized carbons (Fsp3) is 0.273. The fourth-order valence-corrected chi connectivity index (χ4v) is 3.01. The fourth-order valence-electron chi connectivity index (χ4n) is 1.02. The Morgan fingerprint density at radius 3 is 2.86 bits per heavy atom. The Bertz CT molecular complexity index is 599. The Balaban J connectivity index is 2.81. The zero-order valence-corrected chi connectivity index (χ0v) is 17.4. The van der Waals surface area contributed by atoms with Gasteiger partial charge in [0.1, 0.15) is 0 Å². The molecule has 0 aliphatic heterocycles. The van der Waals surface area contributed by atoms with Crippen LogP contribution in [0.15, 0.2) is 20.2 Å². The number of aliphatic hydroxyl groups is 1. The second-order valence-corrected chi connectivity index (χ2v) is 9.22. The van der Waals surface area contributed by atoms with Gasteiger partial charge in [-0.25, -0.2) is 0 Å². The average molecular weight is 540 g/mol. The van der Waals surface area contributed by atoms with E-state index in [1.807, 2.05) is 0 Å². The van der Waals surface area contributed by atoms with Gasteiger partial charge in [0.05, 0.1) is 0 Å². The van der Waals surface area contributed by atoms with E-state index in [1.54, 1.807) is 6.92 Å². The van der Waals surface area contributed by atoms with Crippen molar-refractivity contribution in [1.29, 1.82) is 0 Å². The standard InChI is InChI=1S/C11H11ClN3O3S2.Pb/c1-3-9(18)14-11(15(2)6-16)19-5-7(17)8-4-13-10(12)20-8;/h4,6,18H,5H2,1-2H3;/b9-3?,14-11+;. The van der Waals surface area contributed by atoms with Gasteiger partial charge in [-0.2, -0.15) is 0 Å². The molecule has 0 saturated heterocycles. The molecule has 1 amide bonds. The second-order valence-electron chi connectivity index (χ2n) is 3.75. The number of hydrogen-bond donors (Lipinski definition) is 1. The molecule has 1 aromatic rings. The van der Waals surface area contributed by atoms with Crippen molar-refractivity contribution in [3.8, 4) is 0 Å². The summed E-state index contributed by atoms with van der Waals surface area (Å²) in [4.78, 5) is 32.2. The van der Waals surface area contributed by atoms with E-state index in [4.69, 9.17) is 11.6 Å². The van der Waals surface area contributed by atoms with Crippen LogP contribution in [0.4, 0.5) is 0 Å². The topological polar surface area (TPSA) is 82.9 Å². The molecular weight excluding hydrogens is 529 g/mol. The third kappa shape index (κ3) is 6.04. The summed E-state index contributed by atoms with van der Waals surface area (Å²) in [5.74, 6) is -0.211. The molecule has 10 heteroatoms. The molecule has 0 aliphatic rings. The molecule has 0 atom stereocenters. The zero-order valence-electron chi connectivity index (χ0n) is 11.2. The molecule has 0 spiro atoms. The van der Waals surface area contributed by atoms with Crippen LogP contribution >= 0.6 is 34.7 Å². The summed E-state index contributed by atoms with van der Waals surface area (Å²) in [5.41, 5.74) is 0. The SMILES string of the molecule is C/[C]([Pb])=C(O)\N=C(\SCC(=O)c1cnc(Cl)s1)N(C)C=O. The number of ketones is 1. The normalized spacial score (nSPS) is 12.9. The van der Waals surface area contributed by atoms with Gasteiger partial charge in [0.2, 0.25) is 0 Å². The number of aromatic nitrogens is 1. The number of aliphatic hydroxyl groups excluding tert-OH is 1. The van der Waals surface area contributed by atoms with Gasteiger partial charge in [-0.3, -0.25) is 0 Å². The van der Waals surface area contributed by atoms with E-state index >= 15 is 0 Å². The predicted molar refractivity (Wildman–Crippen MR) is 86.3 cm³/mol. The summed E-state index contributed by atoms with van der Waals surface area (Å²) < 4.78 is 1.04. The summed E-state index contributed by atoms with van der Waals surface area (Å²) in [6.45, 7) is 1.75. The molecule has 3 radical (unpaired) electrons. The number of hydrogen-bond acceptors (Lipinski definition) is 7. The molecule has 0 saturated carbocycles. The maximum atomic E-state index is 12.0. The Morgan fingerprint density at radius 1 is 1.71 bits per heavy atom. The van der Waals surface area contributed by atoms with Gasteiger partial charge in [0.15, 0.2) is 0 Å². The molecule has 0 fully saturated rings. The Labute approximate surface area is 151 Å². The molecule has 0 unspecified atom stereocenters. The summed E-state index contributed by atoms with van der Waals surface area (Å²) in [7, 11) is 1.50. The number of thiazole rings is 1. The molecule has 1 heterocycles. The van der Waals surface area contributed by atoms with E-state index < -0.39 is 0 Å². The maximum absolute atomic E-state index is 12.0. The Kier molecular flexibility index (Phi) is 7.84. The number of aliphatic imine (C=N–C) groups is 1. The summed E-state index contributed by atoms with van der Waals surface area (Å²) in [6, 6.07) is 0. The average Bonchev–Trinajstić information content (AvgIpc) is 2.88. The van der Waals surface area contributed by atoms with Crippen LogP contribution < -0.4 is 0 Å². The number of carbonyl (C=O) groups is 2. The molecule has 0 bridgehead atoms. The monoisotopic (exact) mass is 540 g/mol. The van der Waals surface area contributed by atoms with Crippen LogP contribution in [0.1, 0.15) is 16.6 Å². The Morgan fingerprint density at radius 2 is 2.38 bits per heavy atom. The minimum atomic E-state index is -0.164. The molecule has 1 N–H and O–H groups in total. The third-order valence-electron chi connectivity index (χ3n) is 2.08. The minimum absolute atomic E-state index is 0.0724. The van der Waals surface area contributed by atoms with Gasteiger partial charge in [-0.1, -0.05) is 0 Å². The van der Waals surface area contributed by atoms with Crippen molar-refractivity contribution >= 4 is 77.8 Å². The molecular formula is C11H11ClN3O3PbS2. The van der Waals surface area contributed by atoms with Crippen LogP contribution in [-0.4, -0.2) is 70.9 Å². The molecule has 0 aromatic carbocycles. The second kappa shape index (κ2) is 8.86. The first-order valence-corrected chi connectivity index (χ1v) is 9.63. The first-order valence-electron chi connectivity index (χ1n) is 5.50. The first-order chi connectivity index (χ1) is 9.85. The van der Waals surface area contributed by atoms with Crippen molar-refractivity contribution in [2.24, 2.45) is 4.99 Å². The van der Waals surface area contributed by atoms with Gasteiger partial charge in [0.25, 0.3) is 0 Å². The Hall–Kier alpha value is -0.458. The third-order valence-corrected chi connectivity index (χ3v) is 5.15. The van der Waals surface area contributed by atoms with Gasteiger partial charge in [-0.15, -0.1) is 0 Å². The molecule has 1 aromatic heterocycles. The number of allylic oxidation sites excluding steroid dienone is 1. The number of amides is 1. The van der Waals surface area contributed by atoms with E-state index in [9.17, 15) is 14.7 Å². The van der Waals surface area contributed by atoms with E-state index in [1.165, 1.54) is 18.1 Å². The van der Waals surface area contributed by atoms with Gasteiger partial charge in [0, 0.05) is 0 Å². The number of thioether (sulfide) groups is 1. The summed E-state index contributed by atoms with van der Waals surface area (Å²) in [6.07, 6.45) is 1.98. The van der Waals surface area contributed by atoms with Crippen molar-refractivity contribution in [2.75, 3.05) is 12.8 Å². The van der Waals surface area contributed by atoms with E-state index in [0.717, 1.165) is 26.2 Å². The molecule has 0 aliphatic carbocycles. The van der Waals surface area contributed by atoms with Crippen molar-refractivity contribution in [3.05, 3.63) is 24.6 Å². The van der Waals surface area contributed by atoms with Crippen LogP contribution in [0.3, 0.4) is 0 Å². The van der Waals surface area contributed by atoms with E-state index in [-0.39, 0.29) is 22.6 Å². The molecule has 6 nitrogen and oxygen atoms in total. The number of carbonyl (C=O) groups excluding carboxylic acids is 2. The van der Waals surface area contributed by atoms with Crippen LogP contribution in [0.2, 0.25) is 4.47 Å². The van der Waals surface area contributed by atoms with Crippen molar-refractivity contribution < 1.29 is 14.7 Å². The van der Waals surface area contributed by atoms with Crippen LogP contribution in [0.25, 0.3) is 0 Å². The van der Waals surface area contributed by atoms with E-state index in [0.29, 0.717) is 41.5 Å². The molecule has 111 valence electrons. The summed E-state index contributed by atoms with van der Waals surface area (Å²) in [5, 5.41) is 9.94.